The second kappa shape index (κ2) is 9.18. The molecule has 1 fully saturated rings. The summed E-state index contributed by atoms with van der Waals surface area (Å²) in [4.78, 5) is 25.9. The van der Waals surface area contributed by atoms with Gasteiger partial charge in [0.15, 0.2) is 0 Å². The third-order valence-corrected chi connectivity index (χ3v) is 4.36. The van der Waals surface area contributed by atoms with Gasteiger partial charge in [-0.15, -0.1) is 0 Å². The lowest BCUT2D eigenvalue weighted by Gasteiger charge is -2.20. The number of amides is 2. The van der Waals surface area contributed by atoms with E-state index in [2.05, 4.69) is 10.1 Å². The molecule has 0 unspecified atom stereocenters. The highest BCUT2D eigenvalue weighted by molar-refractivity contribution is 6.03. The first kappa shape index (κ1) is 20.3. The highest BCUT2D eigenvalue weighted by Gasteiger charge is 2.24. The Morgan fingerprint density at radius 1 is 1.21 bits per heavy atom. The second-order valence-electron chi connectivity index (χ2n) is 6.27. The molecule has 1 saturated heterocycles. The summed E-state index contributed by atoms with van der Waals surface area (Å²) in [6.07, 6.45) is 3.85. The third kappa shape index (κ3) is 5.10. The molecule has 29 heavy (non-hydrogen) atoms. The number of halogens is 2. The number of anilines is 2. The van der Waals surface area contributed by atoms with Gasteiger partial charge in [-0.3, -0.25) is 9.59 Å². The van der Waals surface area contributed by atoms with E-state index in [1.165, 1.54) is 25.3 Å². The average Bonchev–Trinajstić information content (AvgIpc) is 3.12. The minimum absolute atomic E-state index is 0.00214. The molecule has 2 aromatic rings. The van der Waals surface area contributed by atoms with Gasteiger partial charge in [0.25, 0.3) is 0 Å². The maximum absolute atomic E-state index is 12.5. The highest BCUT2D eigenvalue weighted by atomic mass is 19.3. The van der Waals surface area contributed by atoms with E-state index < -0.39 is 12.5 Å². The molecule has 1 heterocycles. The molecule has 0 aliphatic carbocycles. The van der Waals surface area contributed by atoms with Crippen molar-refractivity contribution in [3.63, 3.8) is 0 Å². The van der Waals surface area contributed by atoms with Crippen molar-refractivity contribution in [3.8, 4) is 11.5 Å². The van der Waals surface area contributed by atoms with E-state index in [-0.39, 0.29) is 11.7 Å². The first-order valence-corrected chi connectivity index (χ1v) is 8.99. The summed E-state index contributed by atoms with van der Waals surface area (Å²) in [6.45, 7) is -2.36. The summed E-state index contributed by atoms with van der Waals surface area (Å²) in [7, 11) is 1.51. The molecule has 0 bridgehead atoms. The van der Waals surface area contributed by atoms with Gasteiger partial charge in [-0.2, -0.15) is 8.78 Å². The van der Waals surface area contributed by atoms with Gasteiger partial charge in [0.2, 0.25) is 11.8 Å². The standard InChI is InChI=1S/C21H20F2N2O4/c1-28-18-10-9-15(13-16(18)25-12-4-7-20(25)27)24-19(26)11-8-14-5-2-3-6-17(14)29-21(22)23/h2-3,5-6,8-11,13,21H,4,7,12H2,1H3,(H,24,26)/b11-8+. The maximum atomic E-state index is 12.5. The second-order valence-corrected chi connectivity index (χ2v) is 6.27. The Labute approximate surface area is 166 Å². The van der Waals surface area contributed by atoms with E-state index in [1.54, 1.807) is 41.3 Å². The molecule has 1 aliphatic rings. The zero-order chi connectivity index (χ0) is 20.8. The normalized spacial score (nSPS) is 13.9. The van der Waals surface area contributed by atoms with E-state index in [1.807, 2.05) is 0 Å². The van der Waals surface area contributed by atoms with Crippen molar-refractivity contribution in [1.29, 1.82) is 0 Å². The fourth-order valence-electron chi connectivity index (χ4n) is 3.05. The Bertz CT molecular complexity index is 931. The number of benzene rings is 2. The summed E-state index contributed by atoms with van der Waals surface area (Å²) in [5.41, 5.74) is 1.42. The fraction of sp³-hybridized carbons (Fsp3) is 0.238. The van der Waals surface area contributed by atoms with Crippen molar-refractivity contribution in [2.45, 2.75) is 19.5 Å². The summed E-state index contributed by atoms with van der Waals surface area (Å²) in [5.74, 6) is 0.0562. The number of methoxy groups -OCH3 is 1. The lowest BCUT2D eigenvalue weighted by Crippen LogP contribution is -2.24. The van der Waals surface area contributed by atoms with Crippen LogP contribution in [0.1, 0.15) is 18.4 Å². The molecule has 1 aliphatic heterocycles. The summed E-state index contributed by atoms with van der Waals surface area (Å²) >= 11 is 0. The Hall–Kier alpha value is -3.42. The van der Waals surface area contributed by atoms with Crippen LogP contribution < -0.4 is 19.7 Å². The number of nitrogens with zero attached hydrogens (tertiary/aromatic N) is 1. The molecule has 1 N–H and O–H groups in total. The molecule has 2 amide bonds. The van der Waals surface area contributed by atoms with Crippen LogP contribution in [0.15, 0.2) is 48.5 Å². The Kier molecular flexibility index (Phi) is 6.43. The Balaban J connectivity index is 1.74. The van der Waals surface area contributed by atoms with Crippen molar-refractivity contribution >= 4 is 29.3 Å². The molecular formula is C21H20F2N2O4. The number of carbonyl (C=O) groups excluding carboxylic acids is 2. The summed E-state index contributed by atoms with van der Waals surface area (Å²) < 4.78 is 34.7. The smallest absolute Gasteiger partial charge is 0.387 e. The largest absolute Gasteiger partial charge is 0.495 e. The minimum atomic E-state index is -2.95. The molecule has 0 radical (unpaired) electrons. The number of alkyl halides is 2. The lowest BCUT2D eigenvalue weighted by atomic mass is 10.2. The van der Waals surface area contributed by atoms with Crippen LogP contribution in [0.4, 0.5) is 20.2 Å². The quantitative estimate of drug-likeness (QED) is 0.709. The number of hydrogen-bond donors (Lipinski definition) is 1. The molecule has 152 valence electrons. The van der Waals surface area contributed by atoms with Crippen LogP contribution in [0.5, 0.6) is 11.5 Å². The summed E-state index contributed by atoms with van der Waals surface area (Å²) in [5, 5.41) is 2.69. The van der Waals surface area contributed by atoms with E-state index >= 15 is 0 Å². The highest BCUT2D eigenvalue weighted by Crippen LogP contribution is 2.34. The van der Waals surface area contributed by atoms with Gasteiger partial charge in [-0.05, 0) is 36.8 Å². The van der Waals surface area contributed by atoms with E-state index in [0.717, 1.165) is 6.42 Å². The molecular weight excluding hydrogens is 382 g/mol. The van der Waals surface area contributed by atoms with E-state index in [4.69, 9.17) is 4.74 Å². The number of carbonyl (C=O) groups is 2. The van der Waals surface area contributed by atoms with Crippen LogP contribution in [0.2, 0.25) is 0 Å². The van der Waals surface area contributed by atoms with Gasteiger partial charge in [-0.25, -0.2) is 0 Å². The zero-order valence-corrected chi connectivity index (χ0v) is 15.7. The van der Waals surface area contributed by atoms with Crippen molar-refractivity contribution in [2.75, 3.05) is 23.9 Å². The molecule has 0 saturated carbocycles. The number of ether oxygens (including phenoxy) is 2. The van der Waals surface area contributed by atoms with E-state index in [9.17, 15) is 18.4 Å². The van der Waals surface area contributed by atoms with Crippen LogP contribution in [-0.2, 0) is 9.59 Å². The van der Waals surface area contributed by atoms with Crippen molar-refractivity contribution in [1.82, 2.24) is 0 Å². The van der Waals surface area contributed by atoms with Gasteiger partial charge < -0.3 is 19.7 Å². The molecule has 3 rings (SSSR count). The number of nitrogens with one attached hydrogen (secondary N) is 1. The molecule has 2 aromatic carbocycles. The first-order valence-electron chi connectivity index (χ1n) is 8.99. The van der Waals surface area contributed by atoms with Gasteiger partial charge in [0, 0.05) is 30.3 Å². The average molecular weight is 402 g/mol. The fourth-order valence-corrected chi connectivity index (χ4v) is 3.05. The molecule has 0 aromatic heterocycles. The Morgan fingerprint density at radius 2 is 2.00 bits per heavy atom. The predicted molar refractivity (Wildman–Crippen MR) is 105 cm³/mol. The van der Waals surface area contributed by atoms with Crippen molar-refractivity contribution in [3.05, 3.63) is 54.1 Å². The van der Waals surface area contributed by atoms with Crippen LogP contribution in [0.3, 0.4) is 0 Å². The Morgan fingerprint density at radius 3 is 2.69 bits per heavy atom. The number of rotatable bonds is 7. The lowest BCUT2D eigenvalue weighted by molar-refractivity contribution is -0.117. The van der Waals surface area contributed by atoms with Gasteiger partial charge in [0.1, 0.15) is 11.5 Å². The number of para-hydroxylation sites is 1. The van der Waals surface area contributed by atoms with E-state index in [0.29, 0.717) is 35.7 Å². The monoisotopic (exact) mass is 402 g/mol. The van der Waals surface area contributed by atoms with Crippen molar-refractivity contribution in [2.24, 2.45) is 0 Å². The maximum Gasteiger partial charge on any atom is 0.387 e. The predicted octanol–water partition coefficient (Wildman–Crippen LogP) is 4.08. The SMILES string of the molecule is COc1ccc(NC(=O)/C=C/c2ccccc2OC(F)F)cc1N1CCCC1=O. The van der Waals surface area contributed by atoms with Crippen LogP contribution in [-0.4, -0.2) is 32.1 Å². The van der Waals surface area contributed by atoms with Crippen LogP contribution in [0.25, 0.3) is 6.08 Å². The molecule has 6 nitrogen and oxygen atoms in total. The van der Waals surface area contributed by atoms with Crippen molar-refractivity contribution < 1.29 is 27.8 Å². The van der Waals surface area contributed by atoms with Crippen LogP contribution in [0, 0.1) is 0 Å². The number of hydrogen-bond acceptors (Lipinski definition) is 4. The topological polar surface area (TPSA) is 67.9 Å². The third-order valence-electron chi connectivity index (χ3n) is 4.36. The van der Waals surface area contributed by atoms with Gasteiger partial charge in [0.05, 0.1) is 12.8 Å². The first-order chi connectivity index (χ1) is 14.0. The van der Waals surface area contributed by atoms with Crippen LogP contribution >= 0.6 is 0 Å². The minimum Gasteiger partial charge on any atom is -0.495 e. The molecule has 0 spiro atoms. The zero-order valence-electron chi connectivity index (χ0n) is 15.7. The molecule has 0 atom stereocenters. The van der Waals surface area contributed by atoms with Gasteiger partial charge in [-0.1, -0.05) is 18.2 Å². The summed E-state index contributed by atoms with van der Waals surface area (Å²) in [6, 6.07) is 11.2. The van der Waals surface area contributed by atoms with Gasteiger partial charge >= 0.3 is 6.61 Å². The molecule has 8 heteroatoms.